The fourth-order valence-corrected chi connectivity index (χ4v) is 0. The molecule has 0 aromatic heterocycles. The third-order valence-corrected chi connectivity index (χ3v) is 0. The van der Waals surface area contributed by atoms with Crippen molar-refractivity contribution < 1.29 is 36.4 Å². The van der Waals surface area contributed by atoms with Gasteiger partial charge in [-0.25, -0.2) is 0 Å². The molecule has 0 aliphatic carbocycles. The van der Waals surface area contributed by atoms with Crippen LogP contribution in [-0.4, -0.2) is 26.3 Å². The molecule has 0 radical (unpaired) electrons. The fourth-order valence-electron chi connectivity index (χ4n) is 0. The van der Waals surface area contributed by atoms with Crippen LogP contribution in [-0.2, 0) is 10.4 Å². The fraction of sp³-hybridized carbons (Fsp3) is 1.00. The number of hydrogen-bond donors (Lipinski definition) is 2. The van der Waals surface area contributed by atoms with E-state index in [1.54, 1.807) is 0 Å². The average Bonchev–Trinajstić information content (AvgIpc) is 1.19. The quantitative estimate of drug-likeness (QED) is 0.324. The molecular formula is C3H11LiO4SSi. The molecule has 0 bridgehead atoms. The van der Waals surface area contributed by atoms with Crippen LogP contribution in [0.1, 0.15) is 0 Å². The Morgan fingerprint density at radius 1 is 1.10 bits per heavy atom. The molecule has 0 aromatic carbocycles. The van der Waals surface area contributed by atoms with E-state index in [1.807, 2.05) is 0 Å². The predicted molar refractivity (Wildman–Crippen MR) is 37.5 cm³/mol. The van der Waals surface area contributed by atoms with Crippen LogP contribution in [0.15, 0.2) is 0 Å². The maximum Gasteiger partial charge on any atom is 1.00 e. The van der Waals surface area contributed by atoms with Crippen molar-refractivity contribution in [3.05, 3.63) is 0 Å². The molecule has 58 valence electrons. The Labute approximate surface area is 75.4 Å². The molecule has 0 aromatic rings. The van der Waals surface area contributed by atoms with E-state index in [0.29, 0.717) is 0 Å². The summed E-state index contributed by atoms with van der Waals surface area (Å²) in [6.45, 7) is 6.81. The van der Waals surface area contributed by atoms with Gasteiger partial charge in [0.15, 0.2) is 0 Å². The monoisotopic (exact) mass is 178 g/mol. The predicted octanol–water partition coefficient (Wildman–Crippen LogP) is -2.28. The first kappa shape index (κ1) is 17.0. The van der Waals surface area contributed by atoms with Crippen LogP contribution in [0.5, 0.6) is 0 Å². The van der Waals surface area contributed by atoms with Gasteiger partial charge in [-0.2, -0.15) is 28.1 Å². The second-order valence-electron chi connectivity index (χ2n) is 1.95. The van der Waals surface area contributed by atoms with Gasteiger partial charge >= 0.3 is 29.3 Å². The molecule has 0 amide bonds. The second kappa shape index (κ2) is 7.79. The molecule has 0 aliphatic rings. The summed E-state index contributed by atoms with van der Waals surface area (Å²) in [5.41, 5.74) is 0. The van der Waals surface area contributed by atoms with Crippen molar-refractivity contribution in [3.8, 4) is 0 Å². The molecule has 0 rings (SSSR count). The zero-order chi connectivity index (χ0) is 8.08. The van der Waals surface area contributed by atoms with Gasteiger partial charge in [-0.3, -0.25) is 17.9 Å². The first-order valence-corrected chi connectivity index (χ1v) is 6.60. The first-order chi connectivity index (χ1) is 3.73. The summed E-state index contributed by atoms with van der Waals surface area (Å²) in [5, 5.41) is 0. The summed E-state index contributed by atoms with van der Waals surface area (Å²) >= 11 is 0. The summed E-state index contributed by atoms with van der Waals surface area (Å²) in [7, 11) is -4.55. The van der Waals surface area contributed by atoms with Crippen LogP contribution >= 0.6 is 0 Å². The Morgan fingerprint density at radius 2 is 1.10 bits per heavy atom. The standard InChI is InChI=1S/C3H9Si.Li.H2O4S/c1-4(2)3;;1-5(2,3)4/h1-3H3;;(H2,1,2,3,4)/q-1;+1;. The van der Waals surface area contributed by atoms with Gasteiger partial charge in [0.25, 0.3) is 0 Å². The van der Waals surface area contributed by atoms with E-state index in [1.165, 1.54) is 0 Å². The molecule has 4 nitrogen and oxygen atoms in total. The number of rotatable bonds is 0. The third kappa shape index (κ3) is 1100. The van der Waals surface area contributed by atoms with E-state index in [-0.39, 0.29) is 27.7 Å². The smallest absolute Gasteiger partial charge is 0.271 e. The maximum absolute atomic E-state index is 8.74. The van der Waals surface area contributed by atoms with Gasteiger partial charge in [0.1, 0.15) is 0 Å². The molecule has 2 N–H and O–H groups in total. The van der Waals surface area contributed by atoms with Crippen LogP contribution in [0.3, 0.4) is 0 Å². The summed E-state index contributed by atoms with van der Waals surface area (Å²) in [5.74, 6) is 0. The normalized spacial score (nSPS) is 9.40. The topological polar surface area (TPSA) is 74.6 Å². The Morgan fingerprint density at radius 3 is 1.10 bits per heavy atom. The van der Waals surface area contributed by atoms with Crippen LogP contribution < -0.4 is 18.9 Å². The molecule has 10 heavy (non-hydrogen) atoms. The molecule has 0 atom stereocenters. The molecule has 0 spiro atoms. The minimum Gasteiger partial charge on any atom is -0.271 e. The van der Waals surface area contributed by atoms with E-state index in [0.717, 1.165) is 0 Å². The van der Waals surface area contributed by atoms with Crippen LogP contribution in [0.4, 0.5) is 0 Å². The minimum atomic E-state index is -4.67. The zero-order valence-electron chi connectivity index (χ0n) is 6.62. The summed E-state index contributed by atoms with van der Waals surface area (Å²) < 4.78 is 31.6. The average molecular weight is 178 g/mol. The van der Waals surface area contributed by atoms with Crippen LogP contribution in [0.25, 0.3) is 0 Å². The molecule has 0 heterocycles. The minimum absolute atomic E-state index is 0. The van der Waals surface area contributed by atoms with Crippen LogP contribution in [0.2, 0.25) is 19.6 Å². The summed E-state index contributed by atoms with van der Waals surface area (Å²) in [6, 6.07) is 0. The first-order valence-electron chi connectivity index (χ1n) is 2.20. The molecular weight excluding hydrogens is 167 g/mol. The van der Waals surface area contributed by atoms with Crippen molar-refractivity contribution in [1.82, 2.24) is 0 Å². The van der Waals surface area contributed by atoms with Gasteiger partial charge in [0, 0.05) is 0 Å². The zero-order valence-corrected chi connectivity index (χ0v) is 8.44. The largest absolute Gasteiger partial charge is 1.00 e. The Hall–Kier alpha value is 0.684. The molecule has 0 saturated carbocycles. The van der Waals surface area contributed by atoms with Crippen molar-refractivity contribution in [2.45, 2.75) is 19.6 Å². The third-order valence-electron chi connectivity index (χ3n) is 0. The van der Waals surface area contributed by atoms with Gasteiger partial charge in [-0.15, -0.1) is 0 Å². The Bertz CT molecular complexity index is 132. The van der Waals surface area contributed by atoms with Crippen molar-refractivity contribution in [1.29, 1.82) is 0 Å². The summed E-state index contributed by atoms with van der Waals surface area (Å²) in [4.78, 5) is 0. The number of hydrogen-bond acceptors (Lipinski definition) is 2. The Balaban J connectivity index is -0.0000000910. The van der Waals surface area contributed by atoms with E-state index in [4.69, 9.17) is 17.5 Å². The molecule has 7 heteroatoms. The van der Waals surface area contributed by atoms with Gasteiger partial charge in [-0.05, 0) is 0 Å². The van der Waals surface area contributed by atoms with E-state index in [2.05, 4.69) is 19.6 Å². The second-order valence-corrected chi connectivity index (χ2v) is 5.84. The Kier molecular flexibility index (Phi) is 13.2. The van der Waals surface area contributed by atoms with Crippen molar-refractivity contribution >= 4 is 19.2 Å². The summed E-state index contributed by atoms with van der Waals surface area (Å²) in [6.07, 6.45) is 0. The van der Waals surface area contributed by atoms with Gasteiger partial charge in [-0.1, -0.05) is 0 Å². The van der Waals surface area contributed by atoms with Crippen molar-refractivity contribution in [2.75, 3.05) is 0 Å². The van der Waals surface area contributed by atoms with Crippen molar-refractivity contribution in [3.63, 3.8) is 0 Å². The van der Waals surface area contributed by atoms with Crippen LogP contribution in [0, 0.1) is 0 Å². The van der Waals surface area contributed by atoms with Gasteiger partial charge in [0.05, 0.1) is 0 Å². The van der Waals surface area contributed by atoms with E-state index in [9.17, 15) is 0 Å². The van der Waals surface area contributed by atoms with Gasteiger partial charge < -0.3 is 0 Å². The molecule has 0 saturated heterocycles. The maximum atomic E-state index is 8.74. The molecule has 0 unspecified atom stereocenters. The van der Waals surface area contributed by atoms with E-state index >= 15 is 0 Å². The van der Waals surface area contributed by atoms with E-state index < -0.39 is 10.4 Å². The SMILES string of the molecule is C[Si-](C)C.O=S(=O)(O)O.[Li+]. The molecule has 0 aliphatic heterocycles. The van der Waals surface area contributed by atoms with Gasteiger partial charge in [0.2, 0.25) is 0 Å². The van der Waals surface area contributed by atoms with Crippen molar-refractivity contribution in [2.24, 2.45) is 0 Å². The molecule has 0 fully saturated rings.